The van der Waals surface area contributed by atoms with E-state index in [1.807, 2.05) is 6.92 Å². The summed E-state index contributed by atoms with van der Waals surface area (Å²) >= 11 is 0. The Morgan fingerprint density at radius 1 is 1.11 bits per heavy atom. The predicted molar refractivity (Wildman–Crippen MR) is 161 cm³/mol. The molecule has 2 saturated heterocycles. The summed E-state index contributed by atoms with van der Waals surface area (Å²) in [5, 5.41) is 11.5. The molecule has 1 atom stereocenters. The molecule has 2 aromatic heterocycles. The molecule has 228 valence electrons. The second kappa shape index (κ2) is 9.95. The summed E-state index contributed by atoms with van der Waals surface area (Å²) < 4.78 is 44.5. The first kappa shape index (κ1) is 27.4. The van der Waals surface area contributed by atoms with Crippen LogP contribution in [-0.4, -0.2) is 74.7 Å². The van der Waals surface area contributed by atoms with Crippen LogP contribution in [-0.2, 0) is 0 Å². The number of benzene rings is 2. The molecule has 4 aromatic rings. The van der Waals surface area contributed by atoms with Gasteiger partial charge in [-0.2, -0.15) is 9.97 Å². The Bertz CT molecular complexity index is 1850. The molecule has 1 saturated carbocycles. The van der Waals surface area contributed by atoms with E-state index in [0.29, 0.717) is 23.2 Å². The normalized spacial score (nSPS) is 21.0. The zero-order chi connectivity index (χ0) is 30.3. The summed E-state index contributed by atoms with van der Waals surface area (Å²) in [5.41, 5.74) is -0.437. The summed E-state index contributed by atoms with van der Waals surface area (Å²) in [6, 6.07) is 5.55. The SMILES string of the molecule is CC(=O)c1c(F)ccc2cc(O)cc(-c3nc4c5c(nc(OCC67CCCN6CCC7)nc5c3F)N(C3CC3)C(C)CO4)c12. The maximum Gasteiger partial charge on any atom is 0.319 e. The second-order valence-corrected chi connectivity index (χ2v) is 12.7. The van der Waals surface area contributed by atoms with Crippen molar-refractivity contribution in [2.45, 2.75) is 70.0 Å². The molecule has 3 aliphatic heterocycles. The number of phenolic OH excluding ortho intramolecular Hbond substituents is 1. The Kier molecular flexibility index (Phi) is 6.20. The van der Waals surface area contributed by atoms with Gasteiger partial charge in [0.2, 0.25) is 5.88 Å². The molecule has 11 heteroatoms. The van der Waals surface area contributed by atoms with E-state index >= 15 is 8.78 Å². The van der Waals surface area contributed by atoms with Crippen molar-refractivity contribution in [3.8, 4) is 28.9 Å². The summed E-state index contributed by atoms with van der Waals surface area (Å²) in [4.78, 5) is 31.4. The number of carbonyl (C=O) groups excluding carboxylic acids is 1. The third kappa shape index (κ3) is 4.19. The first-order valence-corrected chi connectivity index (χ1v) is 15.4. The lowest BCUT2D eigenvalue weighted by Crippen LogP contribution is -2.43. The lowest BCUT2D eigenvalue weighted by Gasteiger charge is -2.32. The van der Waals surface area contributed by atoms with Gasteiger partial charge in [-0.15, -0.1) is 0 Å². The number of nitrogens with zero attached hydrogens (tertiary/aromatic N) is 5. The number of aromatic hydroxyl groups is 1. The molecule has 9 nitrogen and oxygen atoms in total. The molecule has 3 fully saturated rings. The number of pyridine rings is 1. The van der Waals surface area contributed by atoms with Gasteiger partial charge in [-0.05, 0) is 89.0 Å². The summed E-state index contributed by atoms with van der Waals surface area (Å²) in [6.45, 7) is 6.08. The Balaban J connectivity index is 1.35. The quantitative estimate of drug-likeness (QED) is 0.275. The number of rotatable bonds is 6. The van der Waals surface area contributed by atoms with Gasteiger partial charge < -0.3 is 19.5 Å². The molecule has 0 amide bonds. The van der Waals surface area contributed by atoms with E-state index in [1.54, 1.807) is 0 Å². The van der Waals surface area contributed by atoms with Crippen molar-refractivity contribution in [1.29, 1.82) is 0 Å². The number of anilines is 1. The molecule has 2 aromatic carbocycles. The Morgan fingerprint density at radius 2 is 1.89 bits per heavy atom. The number of carbonyl (C=O) groups is 1. The van der Waals surface area contributed by atoms with Crippen LogP contribution in [0.2, 0.25) is 0 Å². The fraction of sp³-hybridized carbons (Fsp3) is 0.455. The van der Waals surface area contributed by atoms with E-state index in [-0.39, 0.29) is 69.6 Å². The number of ketones is 1. The van der Waals surface area contributed by atoms with Gasteiger partial charge in [-0.1, -0.05) is 6.07 Å². The van der Waals surface area contributed by atoms with Crippen LogP contribution in [0.3, 0.4) is 0 Å². The highest BCUT2D eigenvalue weighted by Gasteiger charge is 2.45. The molecule has 0 radical (unpaired) electrons. The fourth-order valence-corrected chi connectivity index (χ4v) is 7.63. The monoisotopic (exact) mass is 601 g/mol. The minimum Gasteiger partial charge on any atom is -0.508 e. The van der Waals surface area contributed by atoms with Gasteiger partial charge in [0.25, 0.3) is 0 Å². The topological polar surface area (TPSA) is 101 Å². The van der Waals surface area contributed by atoms with Gasteiger partial charge in [0.05, 0.1) is 17.1 Å². The first-order valence-electron chi connectivity index (χ1n) is 15.4. The maximum absolute atomic E-state index is 16.9. The van der Waals surface area contributed by atoms with Crippen LogP contribution in [0.1, 0.15) is 62.7 Å². The number of Topliss-reactive ketones (excluding diaryl/α,β-unsaturated/α-hetero) is 1. The molecular formula is C33H33F2N5O4. The van der Waals surface area contributed by atoms with E-state index in [0.717, 1.165) is 57.7 Å². The standard InChI is InChI=1S/C33H33F2N5O4/c1-17-15-43-31-26-29(27(35)28(36-31)22-14-21(42)13-19-5-8-23(34)24(18(2)41)25(19)22)37-32(38-30(26)40(17)20-6-7-20)44-16-33-9-3-11-39(33)12-4-10-33/h5,8,13-14,17,20,42H,3-4,6-7,9-12,15-16H2,1-2H3. The van der Waals surface area contributed by atoms with E-state index in [9.17, 15) is 9.90 Å². The van der Waals surface area contributed by atoms with Crippen molar-refractivity contribution in [1.82, 2.24) is 19.9 Å². The van der Waals surface area contributed by atoms with E-state index in [4.69, 9.17) is 14.5 Å². The van der Waals surface area contributed by atoms with Crippen LogP contribution in [0.15, 0.2) is 24.3 Å². The Labute approximate surface area is 252 Å². The Morgan fingerprint density at radius 3 is 2.61 bits per heavy atom. The third-order valence-electron chi connectivity index (χ3n) is 9.77. The largest absolute Gasteiger partial charge is 0.508 e. The Hall–Kier alpha value is -4.12. The highest BCUT2D eigenvalue weighted by atomic mass is 19.1. The second-order valence-electron chi connectivity index (χ2n) is 12.7. The fourth-order valence-electron chi connectivity index (χ4n) is 7.63. The van der Waals surface area contributed by atoms with Crippen LogP contribution in [0.25, 0.3) is 32.9 Å². The molecule has 1 unspecified atom stereocenters. The molecule has 44 heavy (non-hydrogen) atoms. The molecule has 8 rings (SSSR count). The number of ether oxygens (including phenoxy) is 2. The highest BCUT2D eigenvalue weighted by Crippen LogP contribution is 2.46. The van der Waals surface area contributed by atoms with Gasteiger partial charge in [0.15, 0.2) is 11.6 Å². The van der Waals surface area contributed by atoms with Crippen molar-refractivity contribution in [3.05, 3.63) is 41.5 Å². The molecular weight excluding hydrogens is 568 g/mol. The number of hydrogen-bond acceptors (Lipinski definition) is 9. The molecule has 1 aliphatic carbocycles. The van der Waals surface area contributed by atoms with Gasteiger partial charge in [0.1, 0.15) is 47.2 Å². The summed E-state index contributed by atoms with van der Waals surface area (Å²) in [6.07, 6.45) is 6.29. The van der Waals surface area contributed by atoms with Gasteiger partial charge in [-0.3, -0.25) is 9.69 Å². The highest BCUT2D eigenvalue weighted by molar-refractivity contribution is 6.13. The van der Waals surface area contributed by atoms with Crippen molar-refractivity contribution in [3.63, 3.8) is 0 Å². The van der Waals surface area contributed by atoms with Crippen molar-refractivity contribution >= 4 is 33.3 Å². The molecule has 1 N–H and O–H groups in total. The number of aromatic nitrogens is 3. The average molecular weight is 602 g/mol. The molecule has 4 aliphatic rings. The minimum absolute atomic E-state index is 0.0331. The van der Waals surface area contributed by atoms with Crippen LogP contribution < -0.4 is 14.4 Å². The number of phenols is 1. The van der Waals surface area contributed by atoms with E-state index < -0.39 is 17.4 Å². The molecule has 0 bridgehead atoms. The van der Waals surface area contributed by atoms with Crippen molar-refractivity contribution in [2.24, 2.45) is 0 Å². The zero-order valence-corrected chi connectivity index (χ0v) is 24.7. The lowest BCUT2D eigenvalue weighted by atomic mass is 9.94. The van der Waals surface area contributed by atoms with Crippen LogP contribution in [0, 0.1) is 11.6 Å². The smallest absolute Gasteiger partial charge is 0.319 e. The zero-order valence-electron chi connectivity index (χ0n) is 24.7. The van der Waals surface area contributed by atoms with Crippen LogP contribution >= 0.6 is 0 Å². The average Bonchev–Trinajstić information content (AvgIpc) is 3.65. The number of hydrogen-bond donors (Lipinski definition) is 1. The van der Waals surface area contributed by atoms with E-state index in [2.05, 4.69) is 19.8 Å². The van der Waals surface area contributed by atoms with Gasteiger partial charge in [-0.25, -0.2) is 13.8 Å². The van der Waals surface area contributed by atoms with Crippen LogP contribution in [0.5, 0.6) is 17.6 Å². The summed E-state index contributed by atoms with van der Waals surface area (Å²) in [5.74, 6) is -1.58. The van der Waals surface area contributed by atoms with E-state index in [1.165, 1.54) is 25.1 Å². The molecule has 0 spiro atoms. The van der Waals surface area contributed by atoms with Crippen molar-refractivity contribution < 1.29 is 28.2 Å². The minimum atomic E-state index is -0.793. The van der Waals surface area contributed by atoms with Gasteiger partial charge >= 0.3 is 6.01 Å². The van der Waals surface area contributed by atoms with Crippen LogP contribution in [0.4, 0.5) is 14.6 Å². The molecule has 5 heterocycles. The number of fused-ring (bicyclic) bond motifs is 2. The lowest BCUT2D eigenvalue weighted by molar-refractivity contribution is 0.101. The predicted octanol–water partition coefficient (Wildman–Crippen LogP) is 5.79. The first-order chi connectivity index (χ1) is 21.2. The maximum atomic E-state index is 16.9. The summed E-state index contributed by atoms with van der Waals surface area (Å²) in [7, 11) is 0. The third-order valence-corrected chi connectivity index (χ3v) is 9.77. The van der Waals surface area contributed by atoms with Gasteiger partial charge in [0, 0.05) is 17.0 Å². The number of halogens is 2. The van der Waals surface area contributed by atoms with Crippen molar-refractivity contribution in [2.75, 3.05) is 31.2 Å².